The van der Waals surface area contributed by atoms with Gasteiger partial charge in [0, 0.05) is 31.7 Å². The predicted molar refractivity (Wildman–Crippen MR) is 151 cm³/mol. The SMILES string of the molecule is Ic1ccc(/C(=C2\C=CC(c3ccccc3)=N2)c2ccc(-c3cccc4ccccc34)[nH]2)cc1. The summed E-state index contributed by atoms with van der Waals surface area (Å²) in [6, 6.07) is 38.3. The maximum atomic E-state index is 5.03. The standard InChI is InChI=1S/C31H21IN2/c32-24-15-13-23(14-16-24)31(29-19-17-27(33-29)22-8-2-1-3-9-22)30-20-18-28(34-30)26-12-6-10-21-7-4-5-11-25(21)26/h1-20,34H/b31-29-. The quantitative estimate of drug-likeness (QED) is 0.219. The van der Waals surface area contributed by atoms with E-state index in [0.717, 1.165) is 39.5 Å². The van der Waals surface area contributed by atoms with Crippen LogP contribution in [0, 0.1) is 3.57 Å². The lowest BCUT2D eigenvalue weighted by molar-refractivity contribution is 1.31. The third kappa shape index (κ3) is 3.93. The summed E-state index contributed by atoms with van der Waals surface area (Å²) in [6.45, 7) is 0. The molecule has 1 N–H and O–H groups in total. The highest BCUT2D eigenvalue weighted by atomic mass is 127. The van der Waals surface area contributed by atoms with Crippen molar-refractivity contribution in [3.8, 4) is 11.3 Å². The Labute approximate surface area is 212 Å². The first kappa shape index (κ1) is 20.9. The molecule has 3 heteroatoms. The summed E-state index contributed by atoms with van der Waals surface area (Å²) < 4.78 is 1.21. The highest BCUT2D eigenvalue weighted by Crippen LogP contribution is 2.34. The van der Waals surface area contributed by atoms with Gasteiger partial charge in [0.1, 0.15) is 0 Å². The molecule has 6 rings (SSSR count). The number of hydrogen-bond donors (Lipinski definition) is 1. The van der Waals surface area contributed by atoms with Gasteiger partial charge in [0.2, 0.25) is 0 Å². The molecular formula is C31H21IN2. The zero-order valence-electron chi connectivity index (χ0n) is 18.4. The van der Waals surface area contributed by atoms with E-state index in [4.69, 9.17) is 4.99 Å². The van der Waals surface area contributed by atoms with Crippen LogP contribution in [-0.2, 0) is 0 Å². The normalized spacial score (nSPS) is 14.4. The van der Waals surface area contributed by atoms with Crippen LogP contribution in [0.3, 0.4) is 0 Å². The molecule has 2 nitrogen and oxygen atoms in total. The van der Waals surface area contributed by atoms with Crippen molar-refractivity contribution in [1.29, 1.82) is 0 Å². The molecule has 1 aliphatic rings. The monoisotopic (exact) mass is 548 g/mol. The molecule has 0 bridgehead atoms. The Balaban J connectivity index is 1.50. The first-order valence-corrected chi connectivity index (χ1v) is 12.3. The summed E-state index contributed by atoms with van der Waals surface area (Å²) in [5.41, 5.74) is 8.68. The maximum Gasteiger partial charge on any atom is 0.0737 e. The second-order valence-corrected chi connectivity index (χ2v) is 9.52. The minimum atomic E-state index is 0.964. The molecule has 2 heterocycles. The Morgan fingerprint density at radius 3 is 2.29 bits per heavy atom. The number of aliphatic imine (C=N–C) groups is 1. The summed E-state index contributed by atoms with van der Waals surface area (Å²) in [5, 5.41) is 2.48. The van der Waals surface area contributed by atoms with E-state index in [0.29, 0.717) is 0 Å². The van der Waals surface area contributed by atoms with Crippen molar-refractivity contribution in [2.45, 2.75) is 0 Å². The van der Waals surface area contributed by atoms with Crippen molar-refractivity contribution < 1.29 is 0 Å². The van der Waals surface area contributed by atoms with E-state index in [9.17, 15) is 0 Å². The fourth-order valence-corrected chi connectivity index (χ4v) is 4.85. The molecule has 0 unspecified atom stereocenters. The van der Waals surface area contributed by atoms with Gasteiger partial charge in [-0.25, -0.2) is 4.99 Å². The average Bonchev–Trinajstić information content (AvgIpc) is 3.57. The number of H-pyrrole nitrogens is 1. The fraction of sp³-hybridized carbons (Fsp3) is 0. The Morgan fingerprint density at radius 1 is 0.676 bits per heavy atom. The van der Waals surface area contributed by atoms with Gasteiger partial charge in [0.25, 0.3) is 0 Å². The van der Waals surface area contributed by atoms with Crippen LogP contribution >= 0.6 is 22.6 Å². The lowest BCUT2D eigenvalue weighted by Crippen LogP contribution is -1.94. The first-order valence-electron chi connectivity index (χ1n) is 11.3. The van der Waals surface area contributed by atoms with E-state index < -0.39 is 0 Å². The van der Waals surface area contributed by atoms with E-state index >= 15 is 0 Å². The first-order chi connectivity index (χ1) is 16.8. The minimum Gasteiger partial charge on any atom is -0.354 e. The van der Waals surface area contributed by atoms with Gasteiger partial charge >= 0.3 is 0 Å². The van der Waals surface area contributed by atoms with E-state index in [1.165, 1.54) is 19.9 Å². The second-order valence-electron chi connectivity index (χ2n) is 8.28. The number of aromatic nitrogens is 1. The van der Waals surface area contributed by atoms with Crippen molar-refractivity contribution in [2.24, 2.45) is 4.99 Å². The summed E-state index contributed by atoms with van der Waals surface area (Å²) in [7, 11) is 0. The number of fused-ring (bicyclic) bond motifs is 1. The van der Waals surface area contributed by atoms with Gasteiger partial charge in [0.15, 0.2) is 0 Å². The summed E-state index contributed by atoms with van der Waals surface area (Å²) in [5.74, 6) is 0. The van der Waals surface area contributed by atoms with Crippen LogP contribution in [0.1, 0.15) is 16.8 Å². The molecule has 4 aromatic carbocycles. The van der Waals surface area contributed by atoms with E-state index in [1.807, 2.05) is 6.07 Å². The number of aromatic amines is 1. The molecule has 0 radical (unpaired) electrons. The highest BCUT2D eigenvalue weighted by molar-refractivity contribution is 14.1. The minimum absolute atomic E-state index is 0.964. The second kappa shape index (κ2) is 8.92. The number of allylic oxidation sites excluding steroid dienone is 2. The van der Waals surface area contributed by atoms with Crippen molar-refractivity contribution >= 4 is 44.6 Å². The number of benzene rings is 4. The summed E-state index contributed by atoms with van der Waals surface area (Å²) in [6.07, 6.45) is 4.22. The highest BCUT2D eigenvalue weighted by Gasteiger charge is 2.17. The van der Waals surface area contributed by atoms with Crippen LogP contribution in [0.2, 0.25) is 0 Å². The van der Waals surface area contributed by atoms with Gasteiger partial charge in [-0.2, -0.15) is 0 Å². The van der Waals surface area contributed by atoms with Crippen LogP contribution in [0.15, 0.2) is 132 Å². The van der Waals surface area contributed by atoms with Crippen molar-refractivity contribution in [3.05, 3.63) is 147 Å². The molecule has 0 spiro atoms. The number of halogens is 1. The van der Waals surface area contributed by atoms with Crippen LogP contribution < -0.4 is 0 Å². The molecular weight excluding hydrogens is 527 g/mol. The molecule has 34 heavy (non-hydrogen) atoms. The molecule has 0 saturated heterocycles. The third-order valence-electron chi connectivity index (χ3n) is 6.13. The Kier molecular flexibility index (Phi) is 5.47. The van der Waals surface area contributed by atoms with E-state index in [-0.39, 0.29) is 0 Å². The molecule has 0 atom stereocenters. The molecule has 1 aliphatic heterocycles. The lowest BCUT2D eigenvalue weighted by atomic mass is 10.0. The predicted octanol–water partition coefficient (Wildman–Crippen LogP) is 8.26. The molecule has 1 aromatic heterocycles. The van der Waals surface area contributed by atoms with Gasteiger partial charge < -0.3 is 4.98 Å². The fourth-order valence-electron chi connectivity index (χ4n) is 4.49. The van der Waals surface area contributed by atoms with Crippen molar-refractivity contribution in [1.82, 2.24) is 4.98 Å². The summed E-state index contributed by atoms with van der Waals surface area (Å²) >= 11 is 2.35. The van der Waals surface area contributed by atoms with Gasteiger partial charge in [-0.15, -0.1) is 0 Å². The molecule has 162 valence electrons. The topological polar surface area (TPSA) is 28.1 Å². The lowest BCUT2D eigenvalue weighted by Gasteiger charge is -2.10. The van der Waals surface area contributed by atoms with Crippen LogP contribution in [0.25, 0.3) is 27.6 Å². The zero-order chi connectivity index (χ0) is 22.9. The molecule has 0 fully saturated rings. The third-order valence-corrected chi connectivity index (χ3v) is 6.85. The largest absolute Gasteiger partial charge is 0.354 e. The van der Waals surface area contributed by atoms with Crippen LogP contribution in [0.5, 0.6) is 0 Å². The maximum absolute atomic E-state index is 5.03. The van der Waals surface area contributed by atoms with Gasteiger partial charge in [0.05, 0.1) is 11.4 Å². The Hall–Kier alpha value is -3.70. The van der Waals surface area contributed by atoms with Crippen molar-refractivity contribution in [3.63, 3.8) is 0 Å². The van der Waals surface area contributed by atoms with E-state index in [1.54, 1.807) is 0 Å². The van der Waals surface area contributed by atoms with Crippen LogP contribution in [-0.4, -0.2) is 10.7 Å². The van der Waals surface area contributed by atoms with Crippen molar-refractivity contribution in [2.75, 3.05) is 0 Å². The Bertz CT molecular complexity index is 1580. The number of rotatable bonds is 4. The number of nitrogens with one attached hydrogen (secondary N) is 1. The zero-order valence-corrected chi connectivity index (χ0v) is 20.5. The molecule has 0 saturated carbocycles. The average molecular weight is 548 g/mol. The number of nitrogens with zero attached hydrogens (tertiary/aromatic N) is 1. The smallest absolute Gasteiger partial charge is 0.0737 e. The van der Waals surface area contributed by atoms with Gasteiger partial charge in [-0.3, -0.25) is 0 Å². The van der Waals surface area contributed by atoms with Crippen LogP contribution in [0.4, 0.5) is 0 Å². The Morgan fingerprint density at radius 2 is 1.44 bits per heavy atom. The summed E-state index contributed by atoms with van der Waals surface area (Å²) in [4.78, 5) is 8.73. The van der Waals surface area contributed by atoms with E-state index in [2.05, 4.69) is 143 Å². The van der Waals surface area contributed by atoms with Gasteiger partial charge in [-0.05, 0) is 75.3 Å². The molecule has 0 amide bonds. The molecule has 0 aliphatic carbocycles. The molecule has 5 aromatic rings. The number of hydrogen-bond acceptors (Lipinski definition) is 1. The van der Waals surface area contributed by atoms with Gasteiger partial charge in [-0.1, -0.05) is 84.9 Å².